The Labute approximate surface area is 180 Å². The van der Waals surface area contributed by atoms with E-state index in [1.807, 2.05) is 54.6 Å². The molecule has 0 aromatic heterocycles. The molecule has 154 valence electrons. The first kappa shape index (κ1) is 21.3. The van der Waals surface area contributed by atoms with Crippen molar-refractivity contribution >= 4 is 29.3 Å². The summed E-state index contributed by atoms with van der Waals surface area (Å²) < 4.78 is 16.3. The third kappa shape index (κ3) is 5.78. The van der Waals surface area contributed by atoms with Crippen LogP contribution in [0, 0.1) is 0 Å². The third-order valence-corrected chi connectivity index (χ3v) is 4.56. The Hall–Kier alpha value is -3.44. The smallest absolute Gasteiger partial charge is 0.248 e. The van der Waals surface area contributed by atoms with E-state index in [9.17, 15) is 4.79 Å². The van der Waals surface area contributed by atoms with E-state index in [1.165, 1.54) is 20.3 Å². The number of halogens is 1. The highest BCUT2D eigenvalue weighted by molar-refractivity contribution is 6.32. The molecule has 0 atom stereocenters. The fraction of sp³-hybridized carbons (Fsp3) is 0.125. The van der Waals surface area contributed by atoms with E-state index in [0.717, 1.165) is 16.9 Å². The van der Waals surface area contributed by atoms with Crippen LogP contribution in [0.4, 0.5) is 5.69 Å². The first-order valence-electron chi connectivity index (χ1n) is 9.26. The second-order valence-electron chi connectivity index (χ2n) is 6.36. The van der Waals surface area contributed by atoms with Crippen molar-refractivity contribution in [1.29, 1.82) is 0 Å². The fourth-order valence-electron chi connectivity index (χ4n) is 2.75. The Morgan fingerprint density at radius 1 is 0.967 bits per heavy atom. The van der Waals surface area contributed by atoms with Gasteiger partial charge in [0.05, 0.1) is 24.9 Å². The molecular formula is C24H22ClNO4. The molecule has 0 aliphatic heterocycles. The second-order valence-corrected chi connectivity index (χ2v) is 6.76. The topological polar surface area (TPSA) is 56.8 Å². The molecule has 3 rings (SSSR count). The predicted molar refractivity (Wildman–Crippen MR) is 119 cm³/mol. The van der Waals surface area contributed by atoms with Gasteiger partial charge in [0, 0.05) is 18.2 Å². The van der Waals surface area contributed by atoms with Crippen LogP contribution in [0.3, 0.4) is 0 Å². The van der Waals surface area contributed by atoms with E-state index in [0.29, 0.717) is 28.8 Å². The summed E-state index contributed by atoms with van der Waals surface area (Å²) in [5.74, 6) is 1.30. The van der Waals surface area contributed by atoms with Gasteiger partial charge in [-0.1, -0.05) is 54.1 Å². The van der Waals surface area contributed by atoms with Gasteiger partial charge in [-0.15, -0.1) is 0 Å². The zero-order valence-corrected chi connectivity index (χ0v) is 17.5. The van der Waals surface area contributed by atoms with Gasteiger partial charge in [-0.3, -0.25) is 4.79 Å². The van der Waals surface area contributed by atoms with Gasteiger partial charge in [-0.25, -0.2) is 0 Å². The summed E-state index contributed by atoms with van der Waals surface area (Å²) in [6, 6.07) is 20.7. The third-order valence-electron chi connectivity index (χ3n) is 4.27. The minimum Gasteiger partial charge on any atom is -0.495 e. The van der Waals surface area contributed by atoms with Crippen LogP contribution in [0.1, 0.15) is 11.1 Å². The lowest BCUT2D eigenvalue weighted by Gasteiger charge is -2.12. The summed E-state index contributed by atoms with van der Waals surface area (Å²) in [6.07, 6.45) is 3.15. The van der Waals surface area contributed by atoms with Crippen LogP contribution in [0.15, 0.2) is 72.8 Å². The van der Waals surface area contributed by atoms with Gasteiger partial charge in [0.25, 0.3) is 0 Å². The Bertz CT molecular complexity index is 1030. The molecule has 0 saturated carbocycles. The molecule has 0 spiro atoms. The first-order valence-corrected chi connectivity index (χ1v) is 9.64. The minimum atomic E-state index is -0.312. The summed E-state index contributed by atoms with van der Waals surface area (Å²) in [6.45, 7) is 0.479. The summed E-state index contributed by atoms with van der Waals surface area (Å²) in [5.41, 5.74) is 2.40. The van der Waals surface area contributed by atoms with E-state index in [-0.39, 0.29) is 5.91 Å². The van der Waals surface area contributed by atoms with Crippen LogP contribution in [-0.4, -0.2) is 20.1 Å². The van der Waals surface area contributed by atoms with Crippen molar-refractivity contribution in [2.75, 3.05) is 19.5 Å². The zero-order valence-electron chi connectivity index (χ0n) is 16.7. The fourth-order valence-corrected chi connectivity index (χ4v) is 2.98. The molecule has 0 fully saturated rings. The van der Waals surface area contributed by atoms with Crippen LogP contribution in [0.2, 0.25) is 5.02 Å². The quantitative estimate of drug-likeness (QED) is 0.480. The van der Waals surface area contributed by atoms with Crippen molar-refractivity contribution in [3.8, 4) is 17.2 Å². The Kier molecular flexibility index (Phi) is 7.35. The lowest BCUT2D eigenvalue weighted by molar-refractivity contribution is -0.111. The van der Waals surface area contributed by atoms with Crippen LogP contribution in [-0.2, 0) is 11.4 Å². The van der Waals surface area contributed by atoms with Crippen molar-refractivity contribution in [2.24, 2.45) is 0 Å². The average molecular weight is 424 g/mol. The number of rotatable bonds is 8. The van der Waals surface area contributed by atoms with Gasteiger partial charge in [-0.2, -0.15) is 0 Å². The van der Waals surface area contributed by atoms with E-state index >= 15 is 0 Å². The largest absolute Gasteiger partial charge is 0.495 e. The highest BCUT2D eigenvalue weighted by Gasteiger charge is 2.11. The number of ether oxygens (including phenoxy) is 3. The van der Waals surface area contributed by atoms with Gasteiger partial charge in [0.1, 0.15) is 23.9 Å². The Balaban J connectivity index is 1.65. The zero-order chi connectivity index (χ0) is 21.3. The van der Waals surface area contributed by atoms with Gasteiger partial charge in [-0.05, 0) is 29.3 Å². The maximum absolute atomic E-state index is 12.4. The highest BCUT2D eigenvalue weighted by Crippen LogP contribution is 2.35. The number of methoxy groups -OCH3 is 2. The Morgan fingerprint density at radius 3 is 2.47 bits per heavy atom. The van der Waals surface area contributed by atoms with Gasteiger partial charge >= 0.3 is 0 Å². The van der Waals surface area contributed by atoms with E-state index < -0.39 is 0 Å². The summed E-state index contributed by atoms with van der Waals surface area (Å²) in [5, 5.41) is 3.17. The molecule has 0 unspecified atom stereocenters. The summed E-state index contributed by atoms with van der Waals surface area (Å²) >= 11 is 6.09. The van der Waals surface area contributed by atoms with Gasteiger partial charge in [0.15, 0.2) is 0 Å². The summed E-state index contributed by atoms with van der Waals surface area (Å²) in [4.78, 5) is 12.4. The normalized spacial score (nSPS) is 10.6. The monoisotopic (exact) mass is 423 g/mol. The summed E-state index contributed by atoms with van der Waals surface area (Å²) in [7, 11) is 3.01. The molecule has 3 aromatic carbocycles. The number of benzene rings is 3. The first-order chi connectivity index (χ1) is 14.6. The molecule has 0 heterocycles. The molecule has 30 heavy (non-hydrogen) atoms. The number of hydrogen-bond donors (Lipinski definition) is 1. The SMILES string of the molecule is COc1cc(NC(=O)/C=C/c2cccc(OCc3ccccc3)c2)c(OC)cc1Cl. The van der Waals surface area contributed by atoms with Crippen LogP contribution in [0.5, 0.6) is 17.2 Å². The molecule has 3 aromatic rings. The van der Waals surface area contributed by atoms with Crippen molar-refractivity contribution in [3.63, 3.8) is 0 Å². The van der Waals surface area contributed by atoms with Crippen molar-refractivity contribution in [2.45, 2.75) is 6.61 Å². The van der Waals surface area contributed by atoms with E-state index in [2.05, 4.69) is 5.32 Å². The predicted octanol–water partition coefficient (Wildman–Crippen LogP) is 5.59. The van der Waals surface area contributed by atoms with Gasteiger partial charge < -0.3 is 19.5 Å². The molecule has 0 radical (unpaired) electrons. The van der Waals surface area contributed by atoms with Gasteiger partial charge in [0.2, 0.25) is 5.91 Å². The molecule has 1 amide bonds. The standard InChI is InChI=1S/C24H22ClNO4/c1-28-22-15-21(23(29-2)14-20(22)25)26-24(27)12-11-17-9-6-10-19(13-17)30-16-18-7-4-3-5-8-18/h3-15H,16H2,1-2H3,(H,26,27)/b12-11+. The second kappa shape index (κ2) is 10.4. The number of nitrogens with one attached hydrogen (secondary N) is 1. The lowest BCUT2D eigenvalue weighted by Crippen LogP contribution is -2.09. The molecule has 0 aliphatic carbocycles. The molecular weight excluding hydrogens is 402 g/mol. The van der Waals surface area contributed by atoms with Crippen molar-refractivity contribution in [3.05, 3.63) is 89.0 Å². The number of anilines is 1. The van der Waals surface area contributed by atoms with Crippen molar-refractivity contribution in [1.82, 2.24) is 0 Å². The maximum Gasteiger partial charge on any atom is 0.248 e. The lowest BCUT2D eigenvalue weighted by atomic mass is 10.2. The molecule has 6 heteroatoms. The molecule has 5 nitrogen and oxygen atoms in total. The maximum atomic E-state index is 12.4. The average Bonchev–Trinajstić information content (AvgIpc) is 2.78. The number of carbonyl (C=O) groups is 1. The minimum absolute atomic E-state index is 0.312. The number of carbonyl (C=O) groups excluding carboxylic acids is 1. The molecule has 0 bridgehead atoms. The molecule has 0 saturated heterocycles. The Morgan fingerprint density at radius 2 is 1.73 bits per heavy atom. The van der Waals surface area contributed by atoms with E-state index in [1.54, 1.807) is 18.2 Å². The molecule has 1 N–H and O–H groups in total. The number of hydrogen-bond acceptors (Lipinski definition) is 4. The highest BCUT2D eigenvalue weighted by atomic mass is 35.5. The van der Waals surface area contributed by atoms with Crippen LogP contribution < -0.4 is 19.5 Å². The van der Waals surface area contributed by atoms with Crippen molar-refractivity contribution < 1.29 is 19.0 Å². The van der Waals surface area contributed by atoms with E-state index in [4.69, 9.17) is 25.8 Å². The molecule has 0 aliphatic rings. The van der Waals surface area contributed by atoms with Crippen LogP contribution in [0.25, 0.3) is 6.08 Å². The number of amides is 1. The van der Waals surface area contributed by atoms with Crippen LogP contribution >= 0.6 is 11.6 Å².